The number of hydrogen-bond donors (Lipinski definition) is 2. The number of nitrogens with one attached hydrogen (secondary N) is 2. The van der Waals surface area contributed by atoms with Crippen molar-refractivity contribution in [3.63, 3.8) is 0 Å². The molecule has 2 N–H and O–H groups in total. The van der Waals surface area contributed by atoms with Crippen molar-refractivity contribution in [1.82, 2.24) is 9.62 Å². The van der Waals surface area contributed by atoms with Gasteiger partial charge in [-0.3, -0.25) is 4.79 Å². The van der Waals surface area contributed by atoms with Crippen LogP contribution in [0.15, 0.2) is 21.5 Å². The average Bonchev–Trinajstić information content (AvgIpc) is 2.42. The number of nitrogens with zero attached hydrogens (tertiary/aromatic N) is 1. The summed E-state index contributed by atoms with van der Waals surface area (Å²) in [5.41, 5.74) is 1.18. The zero-order valence-electron chi connectivity index (χ0n) is 13.2. The van der Waals surface area contributed by atoms with Crippen molar-refractivity contribution in [2.24, 2.45) is 0 Å². The quantitative estimate of drug-likeness (QED) is 0.776. The first-order valence-electron chi connectivity index (χ1n) is 7.03. The number of sulfonamides is 1. The number of rotatable bonds is 3. The van der Waals surface area contributed by atoms with Gasteiger partial charge >= 0.3 is 0 Å². The Kier molecular flexibility index (Phi) is 7.03. The maximum Gasteiger partial charge on any atom is 0.243 e. The number of carbonyl (C=O) groups excluding carboxylic acids is 1. The predicted octanol–water partition coefficient (Wildman–Crippen LogP) is 2.12. The van der Waals surface area contributed by atoms with E-state index in [1.807, 2.05) is 6.92 Å². The van der Waals surface area contributed by atoms with Gasteiger partial charge in [-0.05, 0) is 47.5 Å². The fourth-order valence-electron chi connectivity index (χ4n) is 2.53. The molecule has 130 valence electrons. The van der Waals surface area contributed by atoms with Crippen molar-refractivity contribution in [2.45, 2.75) is 31.7 Å². The van der Waals surface area contributed by atoms with Crippen LogP contribution in [0.25, 0.3) is 0 Å². The van der Waals surface area contributed by atoms with Crippen molar-refractivity contribution >= 4 is 50.0 Å². The Bertz CT molecular complexity index is 697. The molecule has 23 heavy (non-hydrogen) atoms. The molecule has 1 aliphatic heterocycles. The van der Waals surface area contributed by atoms with Crippen LogP contribution in [0.1, 0.15) is 19.4 Å². The van der Waals surface area contributed by atoms with E-state index in [4.69, 9.17) is 0 Å². The standard InChI is InChI=1S/C14H20BrN3O3S.ClH/c1-9-6-13(17-11(3)19)12(15)7-14(9)22(20,21)18-5-4-16-8-10(18)2;/h6-7,10,16H,4-5,8H2,1-3H3,(H,17,19);1H. The summed E-state index contributed by atoms with van der Waals surface area (Å²) in [6.45, 7) is 6.78. The molecule has 1 amide bonds. The van der Waals surface area contributed by atoms with Crippen LogP contribution in [0.4, 0.5) is 5.69 Å². The molecule has 0 spiro atoms. The lowest BCUT2D eigenvalue weighted by atomic mass is 10.2. The lowest BCUT2D eigenvalue weighted by molar-refractivity contribution is -0.114. The van der Waals surface area contributed by atoms with Crippen molar-refractivity contribution in [3.05, 3.63) is 22.2 Å². The van der Waals surface area contributed by atoms with Gasteiger partial charge in [0.1, 0.15) is 0 Å². The van der Waals surface area contributed by atoms with Gasteiger partial charge < -0.3 is 10.6 Å². The van der Waals surface area contributed by atoms with E-state index < -0.39 is 10.0 Å². The Morgan fingerprint density at radius 2 is 2.09 bits per heavy atom. The second-order valence-electron chi connectivity index (χ2n) is 5.45. The van der Waals surface area contributed by atoms with Crippen molar-refractivity contribution in [2.75, 3.05) is 25.0 Å². The Morgan fingerprint density at radius 3 is 2.65 bits per heavy atom. The van der Waals surface area contributed by atoms with Crippen molar-refractivity contribution in [1.29, 1.82) is 0 Å². The molecule has 9 heteroatoms. The summed E-state index contributed by atoms with van der Waals surface area (Å²) in [5.74, 6) is -0.202. The number of aryl methyl sites for hydroxylation is 1. The van der Waals surface area contributed by atoms with Gasteiger partial charge in [-0.2, -0.15) is 4.31 Å². The third-order valence-electron chi connectivity index (χ3n) is 3.60. The lowest BCUT2D eigenvalue weighted by Gasteiger charge is -2.33. The van der Waals surface area contributed by atoms with Gasteiger partial charge in [-0.15, -0.1) is 12.4 Å². The number of halogens is 2. The number of amides is 1. The van der Waals surface area contributed by atoms with Gasteiger partial charge in [0.2, 0.25) is 15.9 Å². The summed E-state index contributed by atoms with van der Waals surface area (Å²) >= 11 is 3.33. The zero-order valence-corrected chi connectivity index (χ0v) is 16.4. The second-order valence-corrected chi connectivity index (χ2v) is 8.16. The van der Waals surface area contributed by atoms with Crippen LogP contribution in [0, 0.1) is 6.92 Å². The maximum atomic E-state index is 12.9. The highest BCUT2D eigenvalue weighted by atomic mass is 79.9. The van der Waals surface area contributed by atoms with Crippen LogP contribution < -0.4 is 10.6 Å². The molecule has 1 saturated heterocycles. The fraction of sp³-hybridized carbons (Fsp3) is 0.500. The molecule has 0 bridgehead atoms. The van der Waals surface area contributed by atoms with Gasteiger partial charge in [0.15, 0.2) is 0 Å². The highest BCUT2D eigenvalue weighted by Crippen LogP contribution is 2.31. The Morgan fingerprint density at radius 1 is 1.43 bits per heavy atom. The number of anilines is 1. The first-order valence-corrected chi connectivity index (χ1v) is 9.27. The van der Waals surface area contributed by atoms with Crippen LogP contribution in [0.2, 0.25) is 0 Å². The molecule has 1 aromatic rings. The smallest absolute Gasteiger partial charge is 0.243 e. The molecule has 0 aliphatic carbocycles. The number of carbonyl (C=O) groups is 1. The summed E-state index contributed by atoms with van der Waals surface area (Å²) in [7, 11) is -3.56. The fourth-order valence-corrected chi connectivity index (χ4v) is 4.99. The van der Waals surface area contributed by atoms with E-state index in [0.29, 0.717) is 35.4 Å². The maximum absolute atomic E-state index is 12.9. The van der Waals surface area contributed by atoms with E-state index >= 15 is 0 Å². The molecule has 0 saturated carbocycles. The summed E-state index contributed by atoms with van der Waals surface area (Å²) in [5, 5.41) is 5.86. The van der Waals surface area contributed by atoms with Crippen LogP contribution in [0.3, 0.4) is 0 Å². The SMILES string of the molecule is CC(=O)Nc1cc(C)c(S(=O)(=O)N2CCNCC2C)cc1Br.Cl. The molecule has 1 aromatic carbocycles. The highest BCUT2D eigenvalue weighted by Gasteiger charge is 2.32. The molecule has 6 nitrogen and oxygen atoms in total. The van der Waals surface area contributed by atoms with E-state index in [1.54, 1.807) is 19.1 Å². The van der Waals surface area contributed by atoms with E-state index in [9.17, 15) is 13.2 Å². The molecule has 1 aliphatic rings. The Balaban J connectivity index is 0.00000264. The van der Waals surface area contributed by atoms with E-state index in [1.165, 1.54) is 11.2 Å². The van der Waals surface area contributed by atoms with E-state index in [0.717, 1.165) is 0 Å². The van der Waals surface area contributed by atoms with Gasteiger partial charge in [0, 0.05) is 37.1 Å². The summed E-state index contributed by atoms with van der Waals surface area (Å²) < 4.78 is 27.9. The van der Waals surface area contributed by atoms with Crippen LogP contribution >= 0.6 is 28.3 Å². The summed E-state index contributed by atoms with van der Waals surface area (Å²) in [6.07, 6.45) is 0. The van der Waals surface area contributed by atoms with E-state index in [2.05, 4.69) is 26.6 Å². The Hall–Kier alpha value is -0.670. The molecule has 1 heterocycles. The zero-order chi connectivity index (χ0) is 16.5. The largest absolute Gasteiger partial charge is 0.325 e. The highest BCUT2D eigenvalue weighted by molar-refractivity contribution is 9.10. The molecular weight excluding hydrogens is 406 g/mol. The van der Waals surface area contributed by atoms with Gasteiger partial charge in [0.05, 0.1) is 10.6 Å². The molecular formula is C14H21BrClN3O3S. The minimum Gasteiger partial charge on any atom is -0.325 e. The van der Waals surface area contributed by atoms with Gasteiger partial charge in [-0.25, -0.2) is 8.42 Å². The van der Waals surface area contributed by atoms with Crippen LogP contribution in [-0.4, -0.2) is 44.3 Å². The minimum atomic E-state index is -3.56. The summed E-state index contributed by atoms with van der Waals surface area (Å²) in [6, 6.07) is 3.14. The van der Waals surface area contributed by atoms with Gasteiger partial charge in [-0.1, -0.05) is 0 Å². The molecule has 1 fully saturated rings. The van der Waals surface area contributed by atoms with Crippen molar-refractivity contribution in [3.8, 4) is 0 Å². The molecule has 2 rings (SSSR count). The Labute approximate surface area is 151 Å². The molecule has 0 aromatic heterocycles. The summed E-state index contributed by atoms with van der Waals surface area (Å²) in [4.78, 5) is 11.4. The molecule has 1 unspecified atom stereocenters. The third kappa shape index (κ3) is 4.45. The number of piperazine rings is 1. The average molecular weight is 427 g/mol. The van der Waals surface area contributed by atoms with E-state index in [-0.39, 0.29) is 29.3 Å². The van der Waals surface area contributed by atoms with Crippen LogP contribution in [-0.2, 0) is 14.8 Å². The first kappa shape index (κ1) is 20.4. The normalized spacial score (nSPS) is 19.0. The number of hydrogen-bond acceptors (Lipinski definition) is 4. The van der Waals surface area contributed by atoms with Crippen molar-refractivity contribution < 1.29 is 13.2 Å². The van der Waals surface area contributed by atoms with Gasteiger partial charge in [0.25, 0.3) is 0 Å². The monoisotopic (exact) mass is 425 g/mol. The predicted molar refractivity (Wildman–Crippen MR) is 96.7 cm³/mol. The number of benzene rings is 1. The molecule has 1 atom stereocenters. The third-order valence-corrected chi connectivity index (χ3v) is 6.41. The second kappa shape index (κ2) is 7.94. The molecule has 0 radical (unpaired) electrons. The minimum absolute atomic E-state index is 0. The van der Waals surface area contributed by atoms with Crippen LogP contribution in [0.5, 0.6) is 0 Å². The topological polar surface area (TPSA) is 78.5 Å². The first-order chi connectivity index (χ1) is 10.2. The lowest BCUT2D eigenvalue weighted by Crippen LogP contribution is -2.52.